The second kappa shape index (κ2) is 5.83. The molecule has 4 rings (SSSR count). The third-order valence-electron chi connectivity index (χ3n) is 3.51. The quantitative estimate of drug-likeness (QED) is 0.801. The zero-order chi connectivity index (χ0) is 15.5. The Hall–Kier alpha value is -3.30. The van der Waals surface area contributed by atoms with Crippen molar-refractivity contribution in [3.05, 3.63) is 83.9 Å². The van der Waals surface area contributed by atoms with E-state index in [0.717, 1.165) is 29.0 Å². The first kappa shape index (κ1) is 13.4. The summed E-state index contributed by atoms with van der Waals surface area (Å²) in [5, 5.41) is 6.30. The van der Waals surface area contributed by atoms with Gasteiger partial charge in [-0.2, -0.15) is 5.10 Å². The first-order chi connectivity index (χ1) is 11.4. The minimum absolute atomic E-state index is 0.673. The van der Waals surface area contributed by atoms with Crippen LogP contribution in [-0.4, -0.2) is 26.9 Å². The van der Waals surface area contributed by atoms with E-state index in [0.29, 0.717) is 5.82 Å². The summed E-state index contributed by atoms with van der Waals surface area (Å²) in [6, 6.07) is 7.81. The van der Waals surface area contributed by atoms with Crippen molar-refractivity contribution in [2.24, 2.45) is 10.1 Å². The van der Waals surface area contributed by atoms with Crippen molar-refractivity contribution in [3.8, 4) is 0 Å². The molecule has 0 aromatic carbocycles. The number of hydrogen-bond acceptors (Lipinski definition) is 5. The lowest BCUT2D eigenvalue weighted by atomic mass is 10.1. The van der Waals surface area contributed by atoms with E-state index in [4.69, 9.17) is 0 Å². The van der Waals surface area contributed by atoms with Crippen LogP contribution in [0.1, 0.15) is 17.5 Å². The van der Waals surface area contributed by atoms with Crippen LogP contribution in [0.15, 0.2) is 82.9 Å². The average Bonchev–Trinajstić information content (AvgIpc) is 2.88. The van der Waals surface area contributed by atoms with Gasteiger partial charge in [-0.1, -0.05) is 5.73 Å². The van der Waals surface area contributed by atoms with E-state index in [9.17, 15) is 0 Å². The number of allylic oxidation sites excluding steroid dienone is 2. The van der Waals surface area contributed by atoms with Crippen molar-refractivity contribution in [2.75, 3.05) is 0 Å². The molecule has 0 bridgehead atoms. The van der Waals surface area contributed by atoms with Crippen LogP contribution in [0.5, 0.6) is 0 Å². The van der Waals surface area contributed by atoms with Crippen molar-refractivity contribution in [1.29, 1.82) is 0 Å². The molecule has 0 N–H and O–H groups in total. The highest BCUT2D eigenvalue weighted by Gasteiger charge is 2.22. The third kappa shape index (κ3) is 2.61. The number of hydrazone groups is 1. The van der Waals surface area contributed by atoms with Crippen LogP contribution < -0.4 is 0 Å². The summed E-state index contributed by atoms with van der Waals surface area (Å²) in [5.41, 5.74) is 6.98. The number of fused-ring (bicyclic) bond motifs is 1. The Morgan fingerprint density at radius 3 is 2.74 bits per heavy atom. The summed E-state index contributed by atoms with van der Waals surface area (Å²) in [7, 11) is 0. The molecule has 23 heavy (non-hydrogen) atoms. The number of nitrogens with zero attached hydrogens (tertiary/aromatic N) is 5. The Labute approximate surface area is 133 Å². The molecule has 5 heteroatoms. The zero-order valence-electron chi connectivity index (χ0n) is 12.3. The highest BCUT2D eigenvalue weighted by Crippen LogP contribution is 2.29. The maximum atomic E-state index is 4.68. The van der Waals surface area contributed by atoms with Crippen LogP contribution in [-0.2, 0) is 0 Å². The SMILES string of the molecule is C1=CCC=NN2C=1N=C(c1cccnc1)C=C2c1ccncc1. The minimum Gasteiger partial charge on any atom is -0.265 e. The lowest BCUT2D eigenvalue weighted by molar-refractivity contribution is 0.518. The Bertz CT molecular complexity index is 872. The normalized spacial score (nSPS) is 16.2. The van der Waals surface area contributed by atoms with E-state index in [1.165, 1.54) is 0 Å². The Morgan fingerprint density at radius 2 is 1.91 bits per heavy atom. The molecule has 0 unspecified atom stereocenters. The summed E-state index contributed by atoms with van der Waals surface area (Å²) in [6.45, 7) is 0. The smallest absolute Gasteiger partial charge is 0.198 e. The molecule has 0 atom stereocenters. The Kier molecular flexibility index (Phi) is 3.39. The fourth-order valence-electron chi connectivity index (χ4n) is 2.43. The second-order valence-electron chi connectivity index (χ2n) is 5.02. The van der Waals surface area contributed by atoms with Crippen LogP contribution in [0.4, 0.5) is 0 Å². The molecule has 4 heterocycles. The highest BCUT2D eigenvalue weighted by atomic mass is 15.5. The number of aromatic nitrogens is 2. The number of aliphatic imine (C=N–C) groups is 1. The largest absolute Gasteiger partial charge is 0.265 e. The van der Waals surface area contributed by atoms with Gasteiger partial charge in [-0.25, -0.2) is 10.0 Å². The lowest BCUT2D eigenvalue weighted by Crippen LogP contribution is -2.20. The molecule has 0 radical (unpaired) electrons. The molecule has 2 aromatic heterocycles. The minimum atomic E-state index is 0.673. The second-order valence-corrected chi connectivity index (χ2v) is 5.02. The van der Waals surface area contributed by atoms with Gasteiger partial charge in [0.15, 0.2) is 5.82 Å². The van der Waals surface area contributed by atoms with Gasteiger partial charge in [-0.3, -0.25) is 9.97 Å². The number of rotatable bonds is 2. The van der Waals surface area contributed by atoms with Crippen molar-refractivity contribution in [1.82, 2.24) is 15.0 Å². The van der Waals surface area contributed by atoms with E-state index < -0.39 is 0 Å². The first-order valence-electron chi connectivity index (χ1n) is 7.31. The van der Waals surface area contributed by atoms with Gasteiger partial charge in [-0.15, -0.1) is 0 Å². The molecular formula is C18H13N5. The predicted octanol–water partition coefficient (Wildman–Crippen LogP) is 3.01. The van der Waals surface area contributed by atoms with Crippen LogP contribution >= 0.6 is 0 Å². The molecule has 5 nitrogen and oxygen atoms in total. The molecule has 0 fully saturated rings. The number of hydrogen-bond donors (Lipinski definition) is 0. The maximum absolute atomic E-state index is 4.68. The van der Waals surface area contributed by atoms with Gasteiger partial charge >= 0.3 is 0 Å². The maximum Gasteiger partial charge on any atom is 0.198 e. The van der Waals surface area contributed by atoms with Gasteiger partial charge < -0.3 is 0 Å². The van der Waals surface area contributed by atoms with Crippen molar-refractivity contribution in [2.45, 2.75) is 6.42 Å². The molecule has 2 aromatic rings. The van der Waals surface area contributed by atoms with E-state index in [2.05, 4.69) is 25.8 Å². The zero-order valence-corrected chi connectivity index (χ0v) is 12.3. The molecule has 2 aliphatic heterocycles. The van der Waals surface area contributed by atoms with Crippen molar-refractivity contribution in [3.63, 3.8) is 0 Å². The summed E-state index contributed by atoms with van der Waals surface area (Å²) in [5.74, 6) is 0.673. The first-order valence-corrected chi connectivity index (χ1v) is 7.31. The van der Waals surface area contributed by atoms with Gasteiger partial charge in [0.1, 0.15) is 0 Å². The van der Waals surface area contributed by atoms with E-state index in [-0.39, 0.29) is 0 Å². The van der Waals surface area contributed by atoms with Gasteiger partial charge in [0, 0.05) is 48.5 Å². The fourth-order valence-corrected chi connectivity index (χ4v) is 2.43. The van der Waals surface area contributed by atoms with Crippen LogP contribution in [0.3, 0.4) is 0 Å². The predicted molar refractivity (Wildman–Crippen MR) is 89.5 cm³/mol. The molecule has 0 amide bonds. The Morgan fingerprint density at radius 1 is 1.00 bits per heavy atom. The summed E-state index contributed by atoms with van der Waals surface area (Å²) in [4.78, 5) is 12.9. The van der Waals surface area contributed by atoms with Gasteiger partial charge in [-0.05, 0) is 36.4 Å². The van der Waals surface area contributed by atoms with Crippen LogP contribution in [0.2, 0.25) is 0 Å². The van der Waals surface area contributed by atoms with Gasteiger partial charge in [0.2, 0.25) is 0 Å². The van der Waals surface area contributed by atoms with Crippen LogP contribution in [0, 0.1) is 0 Å². The molecular weight excluding hydrogens is 286 g/mol. The van der Waals surface area contributed by atoms with E-state index in [1.807, 2.05) is 42.6 Å². The molecule has 110 valence electrons. The standard InChI is InChI=1S/C18H13N5/c1-2-9-21-23-17(14-6-10-19-11-7-14)12-16(22-18(23)5-1)15-4-3-8-20-13-15/h1,3-4,6-13H,2H2. The summed E-state index contributed by atoms with van der Waals surface area (Å²) >= 11 is 0. The van der Waals surface area contributed by atoms with Crippen molar-refractivity contribution >= 4 is 17.6 Å². The summed E-state index contributed by atoms with van der Waals surface area (Å²) < 4.78 is 0. The molecule has 0 spiro atoms. The number of pyridine rings is 2. The van der Waals surface area contributed by atoms with Gasteiger partial charge in [0.05, 0.1) is 11.4 Å². The lowest BCUT2D eigenvalue weighted by Gasteiger charge is -2.25. The van der Waals surface area contributed by atoms with Crippen molar-refractivity contribution < 1.29 is 0 Å². The van der Waals surface area contributed by atoms with E-state index in [1.54, 1.807) is 29.8 Å². The molecule has 0 saturated carbocycles. The Balaban J connectivity index is 1.90. The van der Waals surface area contributed by atoms with Crippen LogP contribution in [0.25, 0.3) is 5.70 Å². The van der Waals surface area contributed by atoms with E-state index >= 15 is 0 Å². The summed E-state index contributed by atoms with van der Waals surface area (Å²) in [6.07, 6.45) is 13.6. The molecule has 2 aliphatic rings. The molecule has 0 aliphatic carbocycles. The highest BCUT2D eigenvalue weighted by molar-refractivity contribution is 6.13. The van der Waals surface area contributed by atoms with Gasteiger partial charge in [0.25, 0.3) is 0 Å². The average molecular weight is 299 g/mol. The fraction of sp³-hybridized carbons (Fsp3) is 0.0556. The molecule has 0 saturated heterocycles. The third-order valence-corrected chi connectivity index (χ3v) is 3.51. The topological polar surface area (TPSA) is 53.7 Å². The monoisotopic (exact) mass is 299 g/mol.